The molecule has 0 spiro atoms. The van der Waals surface area contributed by atoms with Crippen LogP contribution in [0.15, 0.2) is 24.0 Å². The first kappa shape index (κ1) is 9.98. The second-order valence-electron chi connectivity index (χ2n) is 3.37. The van der Waals surface area contributed by atoms with Crippen molar-refractivity contribution >= 4 is 32.2 Å². The van der Waals surface area contributed by atoms with Crippen LogP contribution in [0.1, 0.15) is 11.4 Å². The summed E-state index contributed by atoms with van der Waals surface area (Å²) >= 11 is 4.97. The fraction of sp³-hybridized carbons (Fsp3) is 0.222. The summed E-state index contributed by atoms with van der Waals surface area (Å²) < 4.78 is 3.81. The Labute approximate surface area is 104 Å². The van der Waals surface area contributed by atoms with Crippen molar-refractivity contribution in [3.05, 3.63) is 35.4 Å². The largest absolute Gasteiger partial charge is 0.297 e. The fourth-order valence-electron chi connectivity index (χ4n) is 1.50. The Bertz CT molecular complexity index is 582. The highest BCUT2D eigenvalue weighted by molar-refractivity contribution is 9.08. The Morgan fingerprint density at radius 1 is 1.31 bits per heavy atom. The molecule has 0 saturated heterocycles. The molecule has 3 aromatic heterocycles. The summed E-state index contributed by atoms with van der Waals surface area (Å²) in [6.07, 6.45) is 5.94. The Hall–Kier alpha value is -1.21. The zero-order valence-corrected chi connectivity index (χ0v) is 10.6. The zero-order valence-electron chi connectivity index (χ0n) is 8.25. The minimum absolute atomic E-state index is 0.661. The first-order chi connectivity index (χ1) is 7.85. The lowest BCUT2D eigenvalue weighted by molar-refractivity contribution is 0.641. The molecule has 0 saturated carbocycles. The van der Waals surface area contributed by atoms with Gasteiger partial charge in [-0.15, -0.1) is 16.4 Å². The Kier molecular flexibility index (Phi) is 2.49. The van der Waals surface area contributed by atoms with Crippen molar-refractivity contribution in [2.24, 2.45) is 0 Å². The normalized spacial score (nSPS) is 11.3. The van der Waals surface area contributed by atoms with Crippen LogP contribution in [0.4, 0.5) is 0 Å². The molecule has 3 aromatic rings. The lowest BCUT2D eigenvalue weighted by Gasteiger charge is -1.93. The van der Waals surface area contributed by atoms with Crippen LogP contribution in [0.2, 0.25) is 0 Å². The molecule has 0 fully saturated rings. The molecule has 16 heavy (non-hydrogen) atoms. The summed E-state index contributed by atoms with van der Waals surface area (Å²) in [6.45, 7) is 0.661. The van der Waals surface area contributed by atoms with Gasteiger partial charge in [0.25, 0.3) is 0 Å². The minimum atomic E-state index is 0.661. The molecule has 0 unspecified atom stereocenters. The van der Waals surface area contributed by atoms with Gasteiger partial charge in [0.05, 0.1) is 17.9 Å². The maximum absolute atomic E-state index is 4.48. The van der Waals surface area contributed by atoms with Crippen LogP contribution in [0.5, 0.6) is 0 Å². The van der Waals surface area contributed by atoms with Crippen molar-refractivity contribution in [1.29, 1.82) is 0 Å². The fourth-order valence-corrected chi connectivity index (χ4v) is 2.47. The van der Waals surface area contributed by atoms with E-state index in [9.17, 15) is 0 Å². The molecule has 5 nitrogen and oxygen atoms in total. The number of halogens is 1. The molecule has 0 aliphatic heterocycles. The number of fused-ring (bicyclic) bond motifs is 1. The Morgan fingerprint density at radius 3 is 3.00 bits per heavy atom. The standard InChI is InChI=1S/C9H8BrN5S/c10-3-7-5-15(13-12-7)6-8-4-14-1-2-16-9(14)11-8/h1-2,4-5H,3,6H2. The van der Waals surface area contributed by atoms with E-state index in [-0.39, 0.29) is 0 Å². The first-order valence-corrected chi connectivity index (χ1v) is 6.71. The molecule has 0 atom stereocenters. The van der Waals surface area contributed by atoms with Crippen molar-refractivity contribution in [3.8, 4) is 0 Å². The molecule has 0 amide bonds. The van der Waals surface area contributed by atoms with Crippen molar-refractivity contribution in [1.82, 2.24) is 24.4 Å². The third-order valence-corrected chi connectivity index (χ3v) is 3.54. The van der Waals surface area contributed by atoms with Crippen LogP contribution in [0.3, 0.4) is 0 Å². The van der Waals surface area contributed by atoms with Gasteiger partial charge in [-0.3, -0.25) is 4.40 Å². The van der Waals surface area contributed by atoms with E-state index in [4.69, 9.17) is 0 Å². The van der Waals surface area contributed by atoms with Crippen LogP contribution >= 0.6 is 27.3 Å². The second-order valence-corrected chi connectivity index (χ2v) is 4.80. The molecule has 3 heterocycles. The second kappa shape index (κ2) is 3.99. The molecule has 82 valence electrons. The summed E-state index contributed by atoms with van der Waals surface area (Å²) in [5, 5.41) is 10.8. The highest BCUT2D eigenvalue weighted by Gasteiger charge is 2.05. The number of rotatable bonds is 3. The average molecular weight is 298 g/mol. The number of hydrogen-bond donors (Lipinski definition) is 0. The van der Waals surface area contributed by atoms with E-state index in [2.05, 4.69) is 31.2 Å². The minimum Gasteiger partial charge on any atom is -0.297 e. The van der Waals surface area contributed by atoms with Crippen LogP contribution in [-0.2, 0) is 11.9 Å². The molecule has 0 bridgehead atoms. The smallest absolute Gasteiger partial charge is 0.193 e. The Balaban J connectivity index is 1.86. The van der Waals surface area contributed by atoms with E-state index >= 15 is 0 Å². The van der Waals surface area contributed by atoms with Crippen LogP contribution in [-0.4, -0.2) is 24.4 Å². The number of thiazole rings is 1. The number of imidazole rings is 1. The van der Waals surface area contributed by atoms with Crippen LogP contribution in [0, 0.1) is 0 Å². The molecule has 3 rings (SSSR count). The van der Waals surface area contributed by atoms with E-state index in [1.54, 1.807) is 16.0 Å². The monoisotopic (exact) mass is 297 g/mol. The molecule has 7 heteroatoms. The quantitative estimate of drug-likeness (QED) is 0.694. The SMILES string of the molecule is BrCc1cn(Cc2cn3ccsc3n2)nn1. The number of alkyl halides is 1. The van der Waals surface area contributed by atoms with Gasteiger partial charge < -0.3 is 0 Å². The van der Waals surface area contributed by atoms with Crippen molar-refractivity contribution in [2.45, 2.75) is 11.9 Å². The number of hydrogen-bond acceptors (Lipinski definition) is 4. The summed E-state index contributed by atoms with van der Waals surface area (Å²) in [5.41, 5.74) is 1.93. The van der Waals surface area contributed by atoms with Gasteiger partial charge in [-0.25, -0.2) is 9.67 Å². The zero-order chi connectivity index (χ0) is 11.0. The summed E-state index contributed by atoms with van der Waals surface area (Å²) in [4.78, 5) is 5.49. The van der Waals surface area contributed by atoms with E-state index in [0.29, 0.717) is 6.54 Å². The van der Waals surface area contributed by atoms with Gasteiger partial charge in [0.1, 0.15) is 0 Å². The van der Waals surface area contributed by atoms with Crippen LogP contribution in [0.25, 0.3) is 4.96 Å². The van der Waals surface area contributed by atoms with E-state index in [1.165, 1.54) is 0 Å². The lowest BCUT2D eigenvalue weighted by Crippen LogP contribution is -2.00. The van der Waals surface area contributed by atoms with Crippen molar-refractivity contribution in [2.75, 3.05) is 0 Å². The van der Waals surface area contributed by atoms with Gasteiger partial charge in [0.15, 0.2) is 4.96 Å². The predicted molar refractivity (Wildman–Crippen MR) is 64.8 cm³/mol. The van der Waals surface area contributed by atoms with Gasteiger partial charge in [-0.1, -0.05) is 21.1 Å². The number of aromatic nitrogens is 5. The average Bonchev–Trinajstić information content (AvgIpc) is 2.92. The van der Waals surface area contributed by atoms with E-state index in [1.807, 2.05) is 28.4 Å². The summed E-state index contributed by atoms with van der Waals surface area (Å²) in [6, 6.07) is 0. The van der Waals surface area contributed by atoms with E-state index in [0.717, 1.165) is 21.7 Å². The molecular weight excluding hydrogens is 290 g/mol. The third-order valence-electron chi connectivity index (χ3n) is 2.19. The molecule has 0 N–H and O–H groups in total. The first-order valence-electron chi connectivity index (χ1n) is 4.71. The van der Waals surface area contributed by atoms with Gasteiger partial charge in [0.2, 0.25) is 0 Å². The summed E-state index contributed by atoms with van der Waals surface area (Å²) in [5.74, 6) is 0. The highest BCUT2D eigenvalue weighted by Crippen LogP contribution is 2.12. The van der Waals surface area contributed by atoms with Gasteiger partial charge in [0, 0.05) is 29.3 Å². The van der Waals surface area contributed by atoms with Gasteiger partial charge >= 0.3 is 0 Å². The molecular formula is C9H8BrN5S. The highest BCUT2D eigenvalue weighted by atomic mass is 79.9. The lowest BCUT2D eigenvalue weighted by atomic mass is 10.5. The van der Waals surface area contributed by atoms with Crippen LogP contribution < -0.4 is 0 Å². The van der Waals surface area contributed by atoms with E-state index < -0.39 is 0 Å². The molecule has 0 aliphatic rings. The predicted octanol–water partition coefficient (Wildman–Crippen LogP) is 1.93. The topological polar surface area (TPSA) is 48.0 Å². The maximum Gasteiger partial charge on any atom is 0.193 e. The maximum atomic E-state index is 4.48. The summed E-state index contributed by atoms with van der Waals surface area (Å²) in [7, 11) is 0. The number of nitrogens with zero attached hydrogens (tertiary/aromatic N) is 5. The van der Waals surface area contributed by atoms with Gasteiger partial charge in [-0.2, -0.15) is 0 Å². The van der Waals surface area contributed by atoms with Gasteiger partial charge in [-0.05, 0) is 0 Å². The third kappa shape index (κ3) is 1.76. The van der Waals surface area contributed by atoms with Crippen molar-refractivity contribution < 1.29 is 0 Å². The van der Waals surface area contributed by atoms with Crippen molar-refractivity contribution in [3.63, 3.8) is 0 Å². The molecule has 0 radical (unpaired) electrons. The molecule has 0 aliphatic carbocycles. The Morgan fingerprint density at radius 2 is 2.25 bits per heavy atom. The molecule has 0 aromatic carbocycles.